The van der Waals surface area contributed by atoms with Crippen LogP contribution in [0.25, 0.3) is 0 Å². The third-order valence-corrected chi connectivity index (χ3v) is 3.36. The average Bonchev–Trinajstić information content (AvgIpc) is 2.38. The lowest BCUT2D eigenvalue weighted by molar-refractivity contribution is -0.121. The van der Waals surface area contributed by atoms with Crippen molar-refractivity contribution in [1.82, 2.24) is 10.2 Å². The van der Waals surface area contributed by atoms with E-state index in [0.717, 1.165) is 10.0 Å². The molecule has 5 heteroatoms. The van der Waals surface area contributed by atoms with Crippen molar-refractivity contribution in [3.05, 3.63) is 33.8 Å². The first-order valence-corrected chi connectivity index (χ1v) is 7.39. The van der Waals surface area contributed by atoms with Gasteiger partial charge >= 0.3 is 0 Å². The highest BCUT2D eigenvalue weighted by Crippen LogP contribution is 2.17. The zero-order chi connectivity index (χ0) is 15.3. The highest BCUT2D eigenvalue weighted by atomic mass is 79.9. The molecule has 20 heavy (non-hydrogen) atoms. The number of rotatable bonds is 5. The molecule has 1 rings (SSSR count). The molecule has 4 nitrogen and oxygen atoms in total. The Morgan fingerprint density at radius 3 is 2.60 bits per heavy atom. The number of aryl methyl sites for hydroxylation is 1. The Kier molecular flexibility index (Phi) is 6.20. The van der Waals surface area contributed by atoms with Crippen LogP contribution in [0.5, 0.6) is 0 Å². The summed E-state index contributed by atoms with van der Waals surface area (Å²) < 4.78 is 0.851. The van der Waals surface area contributed by atoms with Gasteiger partial charge in [-0.15, -0.1) is 0 Å². The highest BCUT2D eigenvalue weighted by molar-refractivity contribution is 9.10. The maximum absolute atomic E-state index is 12.3. The summed E-state index contributed by atoms with van der Waals surface area (Å²) >= 11 is 3.36. The minimum absolute atomic E-state index is 0.0670. The van der Waals surface area contributed by atoms with Crippen molar-refractivity contribution in [2.75, 3.05) is 20.1 Å². The van der Waals surface area contributed by atoms with Gasteiger partial charge in [0.2, 0.25) is 5.91 Å². The Labute approximate surface area is 128 Å². The van der Waals surface area contributed by atoms with Crippen LogP contribution in [0.15, 0.2) is 22.7 Å². The highest BCUT2D eigenvalue weighted by Gasteiger charge is 2.17. The molecule has 1 N–H and O–H groups in total. The number of halogens is 1. The summed E-state index contributed by atoms with van der Waals surface area (Å²) in [4.78, 5) is 25.5. The zero-order valence-electron chi connectivity index (χ0n) is 12.4. The Bertz CT molecular complexity index is 501. The number of nitrogens with one attached hydrogen (secondary N) is 1. The number of amides is 2. The molecular formula is C15H21BrN2O2. The number of likely N-dealkylation sites (N-methyl/N-ethyl adjacent to an activating group) is 1. The summed E-state index contributed by atoms with van der Waals surface area (Å²) in [6.07, 6.45) is 0. The van der Waals surface area contributed by atoms with Crippen LogP contribution in [0.3, 0.4) is 0 Å². The summed E-state index contributed by atoms with van der Waals surface area (Å²) in [5.41, 5.74) is 1.51. The van der Waals surface area contributed by atoms with Crippen molar-refractivity contribution < 1.29 is 9.59 Å². The van der Waals surface area contributed by atoms with E-state index in [0.29, 0.717) is 18.0 Å². The van der Waals surface area contributed by atoms with Gasteiger partial charge in [-0.1, -0.05) is 35.8 Å². The van der Waals surface area contributed by atoms with Crippen LogP contribution in [-0.2, 0) is 4.79 Å². The summed E-state index contributed by atoms with van der Waals surface area (Å²) in [5.74, 6) is 0.109. The Hall–Kier alpha value is -1.36. The standard InChI is InChI=1S/C15H21BrN2O2/c1-10(2)8-17-14(19)9-18(4)15(20)13-7-12(16)6-5-11(13)3/h5-7,10H,8-9H2,1-4H3,(H,17,19). The van der Waals surface area contributed by atoms with E-state index < -0.39 is 0 Å². The van der Waals surface area contributed by atoms with Crippen LogP contribution in [0, 0.1) is 12.8 Å². The van der Waals surface area contributed by atoms with Gasteiger partial charge in [0.25, 0.3) is 5.91 Å². The topological polar surface area (TPSA) is 49.4 Å². The van der Waals surface area contributed by atoms with Crippen LogP contribution < -0.4 is 5.32 Å². The molecule has 1 aromatic rings. The molecule has 0 atom stereocenters. The smallest absolute Gasteiger partial charge is 0.254 e. The summed E-state index contributed by atoms with van der Waals surface area (Å²) in [6.45, 7) is 6.63. The molecule has 0 radical (unpaired) electrons. The lowest BCUT2D eigenvalue weighted by Gasteiger charge is -2.18. The Morgan fingerprint density at radius 2 is 2.00 bits per heavy atom. The quantitative estimate of drug-likeness (QED) is 0.895. The van der Waals surface area contributed by atoms with Crippen LogP contribution in [0.2, 0.25) is 0 Å². The monoisotopic (exact) mass is 340 g/mol. The Balaban J connectivity index is 2.67. The summed E-state index contributed by atoms with van der Waals surface area (Å²) in [7, 11) is 1.64. The average molecular weight is 341 g/mol. The molecule has 0 saturated heterocycles. The predicted octanol–water partition coefficient (Wildman–Crippen LogP) is 2.60. The second-order valence-corrected chi connectivity index (χ2v) is 6.23. The fourth-order valence-corrected chi connectivity index (χ4v) is 2.05. The van der Waals surface area contributed by atoms with E-state index in [-0.39, 0.29) is 18.4 Å². The lowest BCUT2D eigenvalue weighted by atomic mass is 10.1. The van der Waals surface area contributed by atoms with Crippen LogP contribution in [0.1, 0.15) is 29.8 Å². The molecular weight excluding hydrogens is 320 g/mol. The molecule has 0 fully saturated rings. The van der Waals surface area contributed by atoms with Gasteiger partial charge < -0.3 is 10.2 Å². The number of hydrogen-bond donors (Lipinski definition) is 1. The molecule has 0 aliphatic carbocycles. The molecule has 1 aromatic carbocycles. The molecule has 0 aliphatic rings. The van der Waals surface area contributed by atoms with Gasteiger partial charge in [0, 0.05) is 23.6 Å². The van der Waals surface area contributed by atoms with Crippen LogP contribution >= 0.6 is 15.9 Å². The normalized spacial score (nSPS) is 10.5. The van der Waals surface area contributed by atoms with Gasteiger partial charge in [0.15, 0.2) is 0 Å². The second-order valence-electron chi connectivity index (χ2n) is 5.32. The van der Waals surface area contributed by atoms with Gasteiger partial charge in [-0.3, -0.25) is 9.59 Å². The maximum Gasteiger partial charge on any atom is 0.254 e. The summed E-state index contributed by atoms with van der Waals surface area (Å²) in [6, 6.07) is 5.55. The van der Waals surface area contributed by atoms with E-state index >= 15 is 0 Å². The number of hydrogen-bond acceptors (Lipinski definition) is 2. The largest absolute Gasteiger partial charge is 0.354 e. The van der Waals surface area contributed by atoms with Gasteiger partial charge in [-0.25, -0.2) is 0 Å². The fraction of sp³-hybridized carbons (Fsp3) is 0.467. The van der Waals surface area contributed by atoms with E-state index in [1.165, 1.54) is 4.90 Å². The fourth-order valence-electron chi connectivity index (χ4n) is 1.69. The van der Waals surface area contributed by atoms with Crippen molar-refractivity contribution in [1.29, 1.82) is 0 Å². The molecule has 2 amide bonds. The number of carbonyl (C=O) groups excluding carboxylic acids is 2. The lowest BCUT2D eigenvalue weighted by Crippen LogP contribution is -2.39. The van der Waals surface area contributed by atoms with Crippen molar-refractivity contribution in [3.8, 4) is 0 Å². The van der Waals surface area contributed by atoms with E-state index in [1.807, 2.05) is 32.9 Å². The molecule has 0 aromatic heterocycles. The molecule has 0 bridgehead atoms. The first-order valence-electron chi connectivity index (χ1n) is 6.59. The van der Waals surface area contributed by atoms with Gasteiger partial charge in [-0.05, 0) is 30.5 Å². The van der Waals surface area contributed by atoms with E-state index in [1.54, 1.807) is 13.1 Å². The second kappa shape index (κ2) is 7.43. The minimum atomic E-state index is -0.150. The van der Waals surface area contributed by atoms with Crippen molar-refractivity contribution in [2.45, 2.75) is 20.8 Å². The molecule has 110 valence electrons. The van der Waals surface area contributed by atoms with E-state index in [4.69, 9.17) is 0 Å². The summed E-state index contributed by atoms with van der Waals surface area (Å²) in [5, 5.41) is 2.80. The van der Waals surface area contributed by atoms with Crippen molar-refractivity contribution in [3.63, 3.8) is 0 Å². The van der Waals surface area contributed by atoms with Crippen molar-refractivity contribution in [2.24, 2.45) is 5.92 Å². The third-order valence-electron chi connectivity index (χ3n) is 2.86. The van der Waals surface area contributed by atoms with Crippen LogP contribution in [0.4, 0.5) is 0 Å². The molecule has 0 unspecified atom stereocenters. The first-order chi connectivity index (χ1) is 9.31. The van der Waals surface area contributed by atoms with E-state index in [9.17, 15) is 9.59 Å². The number of nitrogens with zero attached hydrogens (tertiary/aromatic N) is 1. The van der Waals surface area contributed by atoms with Gasteiger partial charge in [-0.2, -0.15) is 0 Å². The number of carbonyl (C=O) groups is 2. The van der Waals surface area contributed by atoms with Gasteiger partial charge in [0.1, 0.15) is 0 Å². The molecule has 0 saturated carbocycles. The molecule has 0 aliphatic heterocycles. The molecule has 0 heterocycles. The third kappa shape index (κ3) is 4.96. The minimum Gasteiger partial charge on any atom is -0.354 e. The first kappa shape index (κ1) is 16.7. The zero-order valence-corrected chi connectivity index (χ0v) is 14.0. The Morgan fingerprint density at radius 1 is 1.35 bits per heavy atom. The maximum atomic E-state index is 12.3. The molecule has 0 spiro atoms. The van der Waals surface area contributed by atoms with Crippen molar-refractivity contribution >= 4 is 27.7 Å². The van der Waals surface area contributed by atoms with E-state index in [2.05, 4.69) is 21.2 Å². The number of benzene rings is 1. The SMILES string of the molecule is Cc1ccc(Br)cc1C(=O)N(C)CC(=O)NCC(C)C. The van der Waals surface area contributed by atoms with Crippen LogP contribution in [-0.4, -0.2) is 36.9 Å². The van der Waals surface area contributed by atoms with Gasteiger partial charge in [0.05, 0.1) is 6.54 Å². The predicted molar refractivity (Wildman–Crippen MR) is 83.7 cm³/mol.